The Hall–Kier alpha value is -2.17. The SMILES string of the molecule is CONC(=CCN1CCCC(c2ccccc2)C1)c1ccc(F)cc1. The third-order valence-electron chi connectivity index (χ3n) is 4.70. The number of hydrogen-bond acceptors (Lipinski definition) is 3. The lowest BCUT2D eigenvalue weighted by molar-refractivity contribution is 0.136. The summed E-state index contributed by atoms with van der Waals surface area (Å²) in [6.07, 6.45) is 4.56. The number of rotatable bonds is 6. The maximum absolute atomic E-state index is 13.1. The molecule has 1 aliphatic rings. The Labute approximate surface area is 149 Å². The number of nitrogens with one attached hydrogen (secondary N) is 1. The first kappa shape index (κ1) is 17.6. The molecule has 3 rings (SSSR count). The minimum absolute atomic E-state index is 0.234. The summed E-state index contributed by atoms with van der Waals surface area (Å²) in [6, 6.07) is 17.2. The van der Waals surface area contributed by atoms with Crippen molar-refractivity contribution < 1.29 is 9.23 Å². The van der Waals surface area contributed by atoms with Crippen molar-refractivity contribution in [1.29, 1.82) is 0 Å². The van der Waals surface area contributed by atoms with E-state index in [1.807, 2.05) is 0 Å². The predicted molar refractivity (Wildman–Crippen MR) is 99.4 cm³/mol. The van der Waals surface area contributed by atoms with E-state index in [0.29, 0.717) is 5.92 Å². The van der Waals surface area contributed by atoms with E-state index >= 15 is 0 Å². The van der Waals surface area contributed by atoms with E-state index in [4.69, 9.17) is 4.84 Å². The van der Waals surface area contributed by atoms with Crippen LogP contribution in [0.2, 0.25) is 0 Å². The van der Waals surface area contributed by atoms with Crippen LogP contribution in [0.3, 0.4) is 0 Å². The highest BCUT2D eigenvalue weighted by atomic mass is 19.1. The van der Waals surface area contributed by atoms with Crippen LogP contribution in [0.15, 0.2) is 60.7 Å². The average molecular weight is 340 g/mol. The van der Waals surface area contributed by atoms with Crippen LogP contribution < -0.4 is 5.48 Å². The summed E-state index contributed by atoms with van der Waals surface area (Å²) in [5.41, 5.74) is 6.12. The molecule has 2 aromatic rings. The van der Waals surface area contributed by atoms with E-state index in [1.165, 1.54) is 30.5 Å². The van der Waals surface area contributed by atoms with Crippen LogP contribution in [0.1, 0.15) is 29.9 Å². The molecular weight excluding hydrogens is 315 g/mol. The van der Waals surface area contributed by atoms with Crippen molar-refractivity contribution in [1.82, 2.24) is 10.4 Å². The summed E-state index contributed by atoms with van der Waals surface area (Å²) in [5, 5.41) is 0. The van der Waals surface area contributed by atoms with Gasteiger partial charge in [-0.2, -0.15) is 0 Å². The standard InChI is InChI=1S/C21H25FN2O/c1-25-23-21(18-9-11-20(22)12-10-18)13-15-24-14-5-8-19(16-24)17-6-3-2-4-7-17/h2-4,6-7,9-13,19,23H,5,8,14-16H2,1H3. The molecule has 1 atom stereocenters. The van der Waals surface area contributed by atoms with E-state index in [9.17, 15) is 4.39 Å². The molecule has 1 heterocycles. The molecule has 0 aromatic heterocycles. The van der Waals surface area contributed by atoms with Gasteiger partial charge in [0, 0.05) is 13.1 Å². The quantitative estimate of drug-likeness (QED) is 0.798. The fraction of sp³-hybridized carbons (Fsp3) is 0.333. The smallest absolute Gasteiger partial charge is 0.123 e. The van der Waals surface area contributed by atoms with Crippen molar-refractivity contribution in [2.24, 2.45) is 0 Å². The highest BCUT2D eigenvalue weighted by Gasteiger charge is 2.20. The third kappa shape index (κ3) is 4.91. The molecule has 1 saturated heterocycles. The number of piperidine rings is 1. The van der Waals surface area contributed by atoms with Crippen molar-refractivity contribution in [3.05, 3.63) is 77.6 Å². The van der Waals surface area contributed by atoms with E-state index < -0.39 is 0 Å². The summed E-state index contributed by atoms with van der Waals surface area (Å²) >= 11 is 0. The highest BCUT2D eigenvalue weighted by molar-refractivity contribution is 5.63. The Bertz CT molecular complexity index is 685. The summed E-state index contributed by atoms with van der Waals surface area (Å²) < 4.78 is 13.1. The van der Waals surface area contributed by atoms with Crippen LogP contribution in [-0.4, -0.2) is 31.6 Å². The zero-order valence-electron chi connectivity index (χ0n) is 14.6. The van der Waals surface area contributed by atoms with Crippen molar-refractivity contribution in [3.63, 3.8) is 0 Å². The highest BCUT2D eigenvalue weighted by Crippen LogP contribution is 2.26. The Morgan fingerprint density at radius 1 is 1.20 bits per heavy atom. The van der Waals surface area contributed by atoms with Gasteiger partial charge in [-0.15, -0.1) is 0 Å². The maximum Gasteiger partial charge on any atom is 0.123 e. The lowest BCUT2D eigenvalue weighted by Crippen LogP contribution is -2.34. The summed E-state index contributed by atoms with van der Waals surface area (Å²) in [4.78, 5) is 7.55. The molecule has 4 heteroatoms. The largest absolute Gasteiger partial charge is 0.299 e. The maximum atomic E-state index is 13.1. The molecule has 1 aliphatic heterocycles. The molecule has 3 nitrogen and oxygen atoms in total. The monoisotopic (exact) mass is 340 g/mol. The normalized spacial score (nSPS) is 19.0. The summed E-state index contributed by atoms with van der Waals surface area (Å²) in [7, 11) is 1.59. The topological polar surface area (TPSA) is 24.5 Å². The second kappa shape index (κ2) is 8.79. The molecule has 2 aromatic carbocycles. The number of likely N-dealkylation sites (tertiary alicyclic amines) is 1. The second-order valence-corrected chi connectivity index (χ2v) is 6.44. The fourth-order valence-electron chi connectivity index (χ4n) is 3.40. The van der Waals surface area contributed by atoms with Gasteiger partial charge in [0.2, 0.25) is 0 Å². The molecule has 1 N–H and O–H groups in total. The molecule has 0 bridgehead atoms. The van der Waals surface area contributed by atoms with Gasteiger partial charge < -0.3 is 0 Å². The zero-order valence-corrected chi connectivity index (χ0v) is 14.6. The van der Waals surface area contributed by atoms with E-state index in [1.54, 1.807) is 19.2 Å². The molecule has 0 amide bonds. The number of hydroxylamine groups is 1. The van der Waals surface area contributed by atoms with Gasteiger partial charge in [-0.1, -0.05) is 30.3 Å². The van der Waals surface area contributed by atoms with Gasteiger partial charge in [-0.05, 0) is 66.8 Å². The molecule has 0 aliphatic carbocycles. The Kier molecular flexibility index (Phi) is 6.20. The first-order chi connectivity index (χ1) is 12.3. The van der Waals surface area contributed by atoms with Crippen LogP contribution in [-0.2, 0) is 4.84 Å². The van der Waals surface area contributed by atoms with Gasteiger partial charge in [0.15, 0.2) is 0 Å². The third-order valence-corrected chi connectivity index (χ3v) is 4.70. The average Bonchev–Trinajstić information content (AvgIpc) is 2.67. The van der Waals surface area contributed by atoms with Crippen molar-refractivity contribution in [3.8, 4) is 0 Å². The van der Waals surface area contributed by atoms with Crippen LogP contribution in [0.4, 0.5) is 4.39 Å². The van der Waals surface area contributed by atoms with Gasteiger partial charge in [0.05, 0.1) is 12.8 Å². The molecule has 1 unspecified atom stereocenters. The number of halogens is 1. The first-order valence-corrected chi connectivity index (χ1v) is 8.78. The van der Waals surface area contributed by atoms with Crippen LogP contribution in [0, 0.1) is 5.82 Å². The lowest BCUT2D eigenvalue weighted by Gasteiger charge is -2.32. The molecule has 25 heavy (non-hydrogen) atoms. The number of nitrogens with zero attached hydrogens (tertiary/aromatic N) is 1. The van der Waals surface area contributed by atoms with Crippen LogP contribution in [0.25, 0.3) is 5.70 Å². The number of benzene rings is 2. The Balaban J connectivity index is 1.66. The Morgan fingerprint density at radius 2 is 1.96 bits per heavy atom. The molecule has 0 saturated carbocycles. The fourth-order valence-corrected chi connectivity index (χ4v) is 3.40. The van der Waals surface area contributed by atoms with E-state index in [-0.39, 0.29) is 5.82 Å². The van der Waals surface area contributed by atoms with Crippen molar-refractivity contribution in [2.75, 3.05) is 26.7 Å². The lowest BCUT2D eigenvalue weighted by atomic mass is 9.91. The summed E-state index contributed by atoms with van der Waals surface area (Å²) in [5.74, 6) is 0.357. The zero-order chi connectivity index (χ0) is 17.5. The van der Waals surface area contributed by atoms with Crippen LogP contribution in [0.5, 0.6) is 0 Å². The van der Waals surface area contributed by atoms with Gasteiger partial charge in [-0.25, -0.2) is 4.39 Å². The summed E-state index contributed by atoms with van der Waals surface area (Å²) in [6.45, 7) is 3.00. The van der Waals surface area contributed by atoms with Crippen molar-refractivity contribution in [2.45, 2.75) is 18.8 Å². The molecule has 0 radical (unpaired) electrons. The van der Waals surface area contributed by atoms with Gasteiger partial charge in [0.25, 0.3) is 0 Å². The minimum atomic E-state index is -0.234. The molecule has 132 valence electrons. The van der Waals surface area contributed by atoms with Gasteiger partial charge in [-0.3, -0.25) is 15.2 Å². The molecule has 0 spiro atoms. The minimum Gasteiger partial charge on any atom is -0.299 e. The molecular formula is C21H25FN2O. The number of hydrogen-bond donors (Lipinski definition) is 1. The van der Waals surface area contributed by atoms with E-state index in [2.05, 4.69) is 46.8 Å². The molecule has 1 fully saturated rings. The van der Waals surface area contributed by atoms with E-state index in [0.717, 1.165) is 30.9 Å². The van der Waals surface area contributed by atoms with Gasteiger partial charge in [0.1, 0.15) is 5.82 Å². The first-order valence-electron chi connectivity index (χ1n) is 8.78. The van der Waals surface area contributed by atoms with Crippen LogP contribution >= 0.6 is 0 Å². The second-order valence-electron chi connectivity index (χ2n) is 6.44. The van der Waals surface area contributed by atoms with Crippen molar-refractivity contribution >= 4 is 5.70 Å². The Morgan fingerprint density at radius 3 is 2.68 bits per heavy atom. The predicted octanol–water partition coefficient (Wildman–Crippen LogP) is 4.20. The van der Waals surface area contributed by atoms with Gasteiger partial charge >= 0.3 is 0 Å².